The minimum atomic E-state index is 0.259. The highest BCUT2D eigenvalue weighted by atomic mass is 16.5. The van der Waals surface area contributed by atoms with E-state index >= 15 is 0 Å². The summed E-state index contributed by atoms with van der Waals surface area (Å²) in [7, 11) is 0. The first kappa shape index (κ1) is 16.4. The Hall–Kier alpha value is -1.02. The molecule has 0 spiro atoms. The predicted octanol–water partition coefficient (Wildman–Crippen LogP) is 4.54. The van der Waals surface area contributed by atoms with Crippen molar-refractivity contribution < 1.29 is 4.74 Å². The molecule has 3 atom stereocenters. The van der Waals surface area contributed by atoms with Crippen LogP contribution in [0.25, 0.3) is 0 Å². The van der Waals surface area contributed by atoms with Crippen LogP contribution in [0.2, 0.25) is 0 Å². The molecule has 0 radical (unpaired) electrons. The summed E-state index contributed by atoms with van der Waals surface area (Å²) in [5.41, 5.74) is 9.93. The van der Waals surface area contributed by atoms with E-state index in [1.807, 2.05) is 0 Å². The van der Waals surface area contributed by atoms with Crippen LogP contribution in [0.1, 0.15) is 62.6 Å². The Labute approximate surface area is 130 Å². The molecule has 1 aliphatic carbocycles. The summed E-state index contributed by atoms with van der Waals surface area (Å²) >= 11 is 0. The highest BCUT2D eigenvalue weighted by Crippen LogP contribution is 2.31. The van der Waals surface area contributed by atoms with Gasteiger partial charge >= 0.3 is 0 Å². The number of benzene rings is 1. The number of nitrogens with two attached hydrogens (primary N) is 1. The standard InChI is InChI=1S/C19H31NO/c1-5-17(20)12-16-10-14(3)19(15(4)11-16)21-18-8-6-7-13(2)9-18/h10-11,13,17-18H,5-9,12,20H2,1-4H3. The summed E-state index contributed by atoms with van der Waals surface area (Å²) in [6, 6.07) is 4.77. The van der Waals surface area contributed by atoms with Crippen molar-refractivity contribution in [2.45, 2.75) is 78.4 Å². The van der Waals surface area contributed by atoms with Crippen LogP contribution in [-0.4, -0.2) is 12.1 Å². The summed E-state index contributed by atoms with van der Waals surface area (Å²) in [4.78, 5) is 0. The third-order valence-corrected chi connectivity index (χ3v) is 4.72. The van der Waals surface area contributed by atoms with Gasteiger partial charge in [-0.15, -0.1) is 0 Å². The molecule has 0 heterocycles. The number of hydrogen-bond donors (Lipinski definition) is 1. The van der Waals surface area contributed by atoms with Crippen molar-refractivity contribution in [3.05, 3.63) is 28.8 Å². The minimum Gasteiger partial charge on any atom is -0.490 e. The zero-order chi connectivity index (χ0) is 15.4. The topological polar surface area (TPSA) is 35.2 Å². The van der Waals surface area contributed by atoms with Crippen LogP contribution < -0.4 is 10.5 Å². The van der Waals surface area contributed by atoms with E-state index in [1.54, 1.807) is 0 Å². The zero-order valence-corrected chi connectivity index (χ0v) is 14.1. The first-order valence-electron chi connectivity index (χ1n) is 8.52. The zero-order valence-electron chi connectivity index (χ0n) is 14.1. The molecule has 21 heavy (non-hydrogen) atoms. The summed E-state index contributed by atoms with van der Waals surface area (Å²) < 4.78 is 6.34. The molecule has 0 saturated heterocycles. The highest BCUT2D eigenvalue weighted by Gasteiger charge is 2.21. The SMILES string of the molecule is CCC(N)Cc1cc(C)c(OC2CCCC(C)C2)c(C)c1. The van der Waals surface area contributed by atoms with E-state index in [1.165, 1.54) is 42.4 Å². The Bertz CT molecular complexity index is 446. The Morgan fingerprint density at radius 3 is 2.48 bits per heavy atom. The molecule has 0 aliphatic heterocycles. The van der Waals surface area contributed by atoms with Crippen molar-refractivity contribution in [2.24, 2.45) is 11.7 Å². The van der Waals surface area contributed by atoms with Gasteiger partial charge in [0.1, 0.15) is 5.75 Å². The smallest absolute Gasteiger partial charge is 0.125 e. The molecule has 2 heteroatoms. The van der Waals surface area contributed by atoms with Gasteiger partial charge < -0.3 is 10.5 Å². The monoisotopic (exact) mass is 289 g/mol. The summed E-state index contributed by atoms with van der Waals surface area (Å²) in [6.07, 6.45) is 7.43. The largest absolute Gasteiger partial charge is 0.490 e. The maximum Gasteiger partial charge on any atom is 0.125 e. The van der Waals surface area contributed by atoms with Crippen LogP contribution in [0.4, 0.5) is 0 Å². The first-order valence-corrected chi connectivity index (χ1v) is 8.52. The van der Waals surface area contributed by atoms with Crippen LogP contribution in [0.5, 0.6) is 5.75 Å². The van der Waals surface area contributed by atoms with Crippen molar-refractivity contribution in [3.63, 3.8) is 0 Å². The van der Waals surface area contributed by atoms with Crippen molar-refractivity contribution in [3.8, 4) is 5.75 Å². The Balaban J connectivity index is 2.09. The lowest BCUT2D eigenvalue weighted by atomic mass is 9.88. The van der Waals surface area contributed by atoms with E-state index in [0.717, 1.165) is 24.5 Å². The van der Waals surface area contributed by atoms with Gasteiger partial charge in [-0.2, -0.15) is 0 Å². The van der Waals surface area contributed by atoms with E-state index in [4.69, 9.17) is 10.5 Å². The molecule has 1 aromatic rings. The van der Waals surface area contributed by atoms with Gasteiger partial charge in [0.2, 0.25) is 0 Å². The van der Waals surface area contributed by atoms with E-state index in [0.29, 0.717) is 6.10 Å². The second kappa shape index (κ2) is 7.31. The Morgan fingerprint density at radius 1 is 1.24 bits per heavy atom. The maximum atomic E-state index is 6.34. The molecule has 0 bridgehead atoms. The second-order valence-electron chi connectivity index (χ2n) is 6.94. The summed E-state index contributed by atoms with van der Waals surface area (Å²) in [6.45, 7) is 8.81. The van der Waals surface area contributed by atoms with Gasteiger partial charge in [0.05, 0.1) is 6.10 Å². The van der Waals surface area contributed by atoms with Gasteiger partial charge in [-0.1, -0.05) is 32.4 Å². The lowest BCUT2D eigenvalue weighted by molar-refractivity contribution is 0.127. The number of rotatable bonds is 5. The molecular weight excluding hydrogens is 258 g/mol. The van der Waals surface area contributed by atoms with Gasteiger partial charge in [-0.3, -0.25) is 0 Å². The lowest BCUT2D eigenvalue weighted by Crippen LogP contribution is -2.25. The molecule has 2 nitrogen and oxygen atoms in total. The number of hydrogen-bond acceptors (Lipinski definition) is 2. The Morgan fingerprint density at radius 2 is 1.90 bits per heavy atom. The van der Waals surface area contributed by atoms with Crippen LogP contribution in [-0.2, 0) is 6.42 Å². The van der Waals surface area contributed by atoms with Gasteiger partial charge in [0.25, 0.3) is 0 Å². The third kappa shape index (κ3) is 4.47. The van der Waals surface area contributed by atoms with E-state index < -0.39 is 0 Å². The average molecular weight is 289 g/mol. The molecule has 2 N–H and O–H groups in total. The van der Waals surface area contributed by atoms with Gasteiger partial charge in [-0.25, -0.2) is 0 Å². The summed E-state index contributed by atoms with van der Waals surface area (Å²) in [5, 5.41) is 0. The van der Waals surface area contributed by atoms with Crippen LogP contribution >= 0.6 is 0 Å². The van der Waals surface area contributed by atoms with Gasteiger partial charge in [-0.05, 0) is 68.6 Å². The maximum absolute atomic E-state index is 6.34. The van der Waals surface area contributed by atoms with Crippen molar-refractivity contribution in [2.75, 3.05) is 0 Å². The normalized spacial score (nSPS) is 23.9. The van der Waals surface area contributed by atoms with Crippen LogP contribution in [0.3, 0.4) is 0 Å². The van der Waals surface area contributed by atoms with Gasteiger partial charge in [0.15, 0.2) is 0 Å². The third-order valence-electron chi connectivity index (χ3n) is 4.72. The molecule has 0 aromatic heterocycles. The minimum absolute atomic E-state index is 0.259. The molecule has 1 fully saturated rings. The quantitative estimate of drug-likeness (QED) is 0.863. The summed E-state index contributed by atoms with van der Waals surface area (Å²) in [5.74, 6) is 1.90. The fourth-order valence-corrected chi connectivity index (χ4v) is 3.44. The molecule has 0 amide bonds. The van der Waals surface area contributed by atoms with Gasteiger partial charge in [0, 0.05) is 6.04 Å². The molecule has 2 rings (SSSR count). The number of ether oxygens (including phenoxy) is 1. The molecule has 3 unspecified atom stereocenters. The number of aryl methyl sites for hydroxylation is 2. The molecular formula is C19H31NO. The fraction of sp³-hybridized carbons (Fsp3) is 0.684. The van der Waals surface area contributed by atoms with Crippen LogP contribution in [0, 0.1) is 19.8 Å². The molecule has 1 aromatic carbocycles. The first-order chi connectivity index (χ1) is 9.99. The highest BCUT2D eigenvalue weighted by molar-refractivity contribution is 5.43. The van der Waals surface area contributed by atoms with Crippen LogP contribution in [0.15, 0.2) is 12.1 Å². The predicted molar refractivity (Wildman–Crippen MR) is 89.9 cm³/mol. The fourth-order valence-electron chi connectivity index (χ4n) is 3.44. The van der Waals surface area contributed by atoms with Crippen molar-refractivity contribution >= 4 is 0 Å². The molecule has 1 saturated carbocycles. The second-order valence-corrected chi connectivity index (χ2v) is 6.94. The molecule has 1 aliphatic rings. The Kier molecular flexibility index (Phi) is 5.69. The van der Waals surface area contributed by atoms with E-state index in [-0.39, 0.29) is 6.04 Å². The lowest BCUT2D eigenvalue weighted by Gasteiger charge is -2.29. The van der Waals surface area contributed by atoms with Crippen molar-refractivity contribution in [1.82, 2.24) is 0 Å². The molecule has 118 valence electrons. The van der Waals surface area contributed by atoms with Crippen molar-refractivity contribution in [1.29, 1.82) is 0 Å². The van der Waals surface area contributed by atoms with E-state index in [2.05, 4.69) is 39.8 Å². The van der Waals surface area contributed by atoms with E-state index in [9.17, 15) is 0 Å². The average Bonchev–Trinajstić information content (AvgIpc) is 2.43.